The Morgan fingerprint density at radius 1 is 1.30 bits per heavy atom. The van der Waals surface area contributed by atoms with Crippen molar-refractivity contribution in [2.24, 2.45) is 12.0 Å². The molecule has 2 aromatic rings. The number of fused-ring (bicyclic) bond motifs is 1. The van der Waals surface area contributed by atoms with Gasteiger partial charge in [-0.1, -0.05) is 12.7 Å². The van der Waals surface area contributed by atoms with Gasteiger partial charge in [0.05, 0.1) is 28.1 Å². The summed E-state index contributed by atoms with van der Waals surface area (Å²) in [6, 6.07) is 4.38. The number of aliphatic imine (C=N–C) groups is 1. The number of likely N-dealkylation sites (N-methyl/N-ethyl adjacent to an activating group) is 1. The van der Waals surface area contributed by atoms with E-state index in [0.717, 1.165) is 59.8 Å². The predicted molar refractivity (Wildman–Crippen MR) is 155 cm³/mol. The average molecular weight is 522 g/mol. The van der Waals surface area contributed by atoms with E-state index in [0.29, 0.717) is 24.0 Å². The smallest absolute Gasteiger partial charge is 0.203 e. The van der Waals surface area contributed by atoms with E-state index < -0.39 is 9.71 Å². The van der Waals surface area contributed by atoms with E-state index in [-0.39, 0.29) is 5.54 Å². The maximum Gasteiger partial charge on any atom is 0.203 e. The SMILES string of the molecule is C=C1c2cc(S(=C)(=O)NC3(C)CC3)cc(C3=C[C@@H](C)N(C)CC3)c2NC(=NCC)N1Cc1cnn(C)c1. The minimum absolute atomic E-state index is 0.112. The second-order valence-electron chi connectivity index (χ2n) is 10.9. The van der Waals surface area contributed by atoms with Crippen LogP contribution in [0, 0.1) is 0 Å². The Morgan fingerprint density at radius 2 is 2.03 bits per heavy atom. The Kier molecular flexibility index (Phi) is 6.58. The van der Waals surface area contributed by atoms with E-state index in [1.807, 2.05) is 32.4 Å². The molecule has 2 N–H and O–H groups in total. The summed E-state index contributed by atoms with van der Waals surface area (Å²) in [6.45, 7) is 13.1. The summed E-state index contributed by atoms with van der Waals surface area (Å²) in [5.41, 5.74) is 5.97. The highest BCUT2D eigenvalue weighted by atomic mass is 32.2. The first-order valence-electron chi connectivity index (χ1n) is 13.0. The Bertz CT molecular complexity index is 1400. The predicted octanol–water partition coefficient (Wildman–Crippen LogP) is 3.93. The molecule has 1 fully saturated rings. The summed E-state index contributed by atoms with van der Waals surface area (Å²) in [5, 5.41) is 7.97. The van der Waals surface area contributed by atoms with Crippen molar-refractivity contribution >= 4 is 38.5 Å². The van der Waals surface area contributed by atoms with E-state index in [1.54, 1.807) is 4.68 Å². The van der Waals surface area contributed by atoms with E-state index in [4.69, 9.17) is 4.99 Å². The molecule has 2 atom stereocenters. The number of aromatic nitrogens is 2. The van der Waals surface area contributed by atoms with Crippen LogP contribution in [0.3, 0.4) is 0 Å². The molecule has 37 heavy (non-hydrogen) atoms. The molecule has 0 bridgehead atoms. The summed E-state index contributed by atoms with van der Waals surface area (Å²) >= 11 is 0. The van der Waals surface area contributed by atoms with Crippen LogP contribution in [0.1, 0.15) is 56.7 Å². The topological polar surface area (TPSA) is 77.8 Å². The number of benzene rings is 1. The van der Waals surface area contributed by atoms with Crippen LogP contribution in [0.15, 0.2) is 47.1 Å². The third-order valence-corrected chi connectivity index (χ3v) is 9.48. The summed E-state index contributed by atoms with van der Waals surface area (Å²) in [5.74, 6) is 4.94. The van der Waals surface area contributed by atoms with Crippen molar-refractivity contribution in [3.05, 3.63) is 53.9 Å². The van der Waals surface area contributed by atoms with E-state index in [1.165, 1.54) is 5.57 Å². The van der Waals surface area contributed by atoms with Crippen LogP contribution in [-0.4, -0.2) is 67.3 Å². The molecule has 0 radical (unpaired) electrons. The first-order valence-corrected chi connectivity index (χ1v) is 14.7. The fourth-order valence-corrected chi connectivity index (χ4v) is 6.76. The van der Waals surface area contributed by atoms with Crippen LogP contribution in [0.25, 0.3) is 11.3 Å². The standard InChI is InChI=1S/C28H39N7OS/c1-8-29-27-31-26-24(20(3)35(27)18-21-16-30-34(6)17-21)14-23(37(7,36)32-28(4)10-11-28)15-25(26)22-9-12-33(5)19(2)13-22/h13-17,19H,3,7-12,18H2,1-2,4-6H3,(H,29,31)(H,32,36)/t19-,37?/m1/s1. The zero-order valence-corrected chi connectivity index (χ0v) is 23.5. The number of rotatable bonds is 7. The lowest BCUT2D eigenvalue weighted by Crippen LogP contribution is -2.39. The fraction of sp³-hybridized carbons (Fsp3) is 0.464. The van der Waals surface area contributed by atoms with Crippen molar-refractivity contribution in [3.8, 4) is 0 Å². The van der Waals surface area contributed by atoms with Crippen LogP contribution in [-0.2, 0) is 23.3 Å². The van der Waals surface area contributed by atoms with Crippen molar-refractivity contribution in [3.63, 3.8) is 0 Å². The zero-order chi connectivity index (χ0) is 26.5. The van der Waals surface area contributed by atoms with Gasteiger partial charge in [-0.3, -0.25) is 14.6 Å². The van der Waals surface area contributed by atoms with E-state index in [2.05, 4.69) is 70.4 Å². The highest BCUT2D eigenvalue weighted by molar-refractivity contribution is 7.98. The second-order valence-corrected chi connectivity index (χ2v) is 12.9. The first kappa shape index (κ1) is 25.8. The molecule has 1 aromatic heterocycles. The monoisotopic (exact) mass is 521 g/mol. The first-order chi connectivity index (χ1) is 17.5. The molecule has 1 aromatic carbocycles. The Balaban J connectivity index is 1.65. The zero-order valence-electron chi connectivity index (χ0n) is 22.7. The summed E-state index contributed by atoms with van der Waals surface area (Å²) in [7, 11) is 1.35. The normalized spacial score (nSPS) is 23.9. The summed E-state index contributed by atoms with van der Waals surface area (Å²) in [6.07, 6.45) is 9.11. The van der Waals surface area contributed by atoms with Gasteiger partial charge in [0.15, 0.2) is 0 Å². The summed E-state index contributed by atoms with van der Waals surface area (Å²) in [4.78, 5) is 9.93. The summed E-state index contributed by atoms with van der Waals surface area (Å²) < 4.78 is 19.1. The lowest BCUT2D eigenvalue weighted by molar-refractivity contribution is 0.294. The van der Waals surface area contributed by atoms with Gasteiger partial charge in [-0.2, -0.15) is 5.10 Å². The van der Waals surface area contributed by atoms with Crippen molar-refractivity contribution in [2.75, 3.05) is 25.5 Å². The van der Waals surface area contributed by atoms with Crippen LogP contribution < -0.4 is 10.0 Å². The molecule has 1 unspecified atom stereocenters. The van der Waals surface area contributed by atoms with Crippen molar-refractivity contribution in [1.82, 2.24) is 24.3 Å². The minimum atomic E-state index is -2.71. The van der Waals surface area contributed by atoms with Gasteiger partial charge >= 0.3 is 0 Å². The molecule has 1 aliphatic carbocycles. The van der Waals surface area contributed by atoms with Gasteiger partial charge < -0.3 is 10.2 Å². The quantitative estimate of drug-likeness (QED) is 0.540. The molecule has 0 spiro atoms. The van der Waals surface area contributed by atoms with Gasteiger partial charge in [-0.15, -0.1) is 0 Å². The van der Waals surface area contributed by atoms with Gasteiger partial charge in [-0.05, 0) is 70.7 Å². The highest BCUT2D eigenvalue weighted by Crippen LogP contribution is 2.42. The van der Waals surface area contributed by atoms with Gasteiger partial charge in [0.25, 0.3) is 0 Å². The molecule has 8 nitrogen and oxygen atoms in total. The van der Waals surface area contributed by atoms with Gasteiger partial charge in [0, 0.05) is 65.2 Å². The maximum absolute atomic E-state index is 14.0. The number of aryl methyl sites for hydroxylation is 1. The highest BCUT2D eigenvalue weighted by Gasteiger charge is 2.40. The molecule has 2 aliphatic heterocycles. The van der Waals surface area contributed by atoms with Gasteiger partial charge in [0.1, 0.15) is 0 Å². The Hall–Kier alpha value is -2.88. The largest absolute Gasteiger partial charge is 0.325 e. The van der Waals surface area contributed by atoms with Crippen LogP contribution >= 0.6 is 0 Å². The molecule has 9 heteroatoms. The third-order valence-electron chi connectivity index (χ3n) is 7.66. The molecule has 1 saturated carbocycles. The number of nitrogens with one attached hydrogen (secondary N) is 2. The van der Waals surface area contributed by atoms with Gasteiger partial charge in [0.2, 0.25) is 5.96 Å². The molecule has 0 amide bonds. The number of anilines is 1. The molecular formula is C28H39N7OS. The molecule has 198 valence electrons. The van der Waals surface area contributed by atoms with Crippen LogP contribution in [0.2, 0.25) is 0 Å². The van der Waals surface area contributed by atoms with Crippen LogP contribution in [0.5, 0.6) is 0 Å². The van der Waals surface area contributed by atoms with E-state index >= 15 is 0 Å². The molecular weight excluding hydrogens is 482 g/mol. The number of nitrogens with zero attached hydrogens (tertiary/aromatic N) is 5. The fourth-order valence-electron chi connectivity index (χ4n) is 5.03. The average Bonchev–Trinajstić information content (AvgIpc) is 3.41. The van der Waals surface area contributed by atoms with Crippen molar-refractivity contribution in [1.29, 1.82) is 0 Å². The molecule has 5 rings (SSSR count). The third kappa shape index (κ3) is 5.12. The van der Waals surface area contributed by atoms with Gasteiger partial charge in [-0.25, -0.2) is 8.93 Å². The second kappa shape index (κ2) is 9.45. The van der Waals surface area contributed by atoms with Crippen molar-refractivity contribution < 1.29 is 4.21 Å². The maximum atomic E-state index is 14.0. The molecule has 0 saturated heterocycles. The molecule has 3 heterocycles. The number of hydrogen-bond donors (Lipinski definition) is 2. The minimum Gasteiger partial charge on any atom is -0.325 e. The lowest BCUT2D eigenvalue weighted by Gasteiger charge is -2.37. The number of guanidine groups is 1. The van der Waals surface area contributed by atoms with E-state index in [9.17, 15) is 4.21 Å². The molecule has 3 aliphatic rings. The Morgan fingerprint density at radius 3 is 2.65 bits per heavy atom. The van der Waals surface area contributed by atoms with Crippen molar-refractivity contribution in [2.45, 2.75) is 63.1 Å². The van der Waals surface area contributed by atoms with Crippen LogP contribution in [0.4, 0.5) is 5.69 Å². The lowest BCUT2D eigenvalue weighted by atomic mass is 9.91. The number of hydrogen-bond acceptors (Lipinski definition) is 4. The Labute approximate surface area is 221 Å².